The molecule has 0 aliphatic rings. The number of hydrogen-bond donors (Lipinski definition) is 1. The van der Waals surface area contributed by atoms with Crippen molar-refractivity contribution < 1.29 is 23.7 Å². The van der Waals surface area contributed by atoms with Crippen molar-refractivity contribution in [2.24, 2.45) is 5.92 Å². The predicted octanol–water partition coefficient (Wildman–Crippen LogP) is 4.45. The molecule has 202 valence electrons. The molecule has 0 radical (unpaired) electrons. The Kier molecular flexibility index (Phi) is 11.1. The average Bonchev–Trinajstić information content (AvgIpc) is 2.92. The number of nitriles is 1. The van der Waals surface area contributed by atoms with Gasteiger partial charge in [-0.05, 0) is 74.2 Å². The van der Waals surface area contributed by atoms with Gasteiger partial charge in [-0.3, -0.25) is 4.79 Å². The molecule has 0 aliphatic heterocycles. The Hall–Kier alpha value is -3.44. The number of nitrogens with one attached hydrogen (secondary N) is 1. The van der Waals surface area contributed by atoms with Crippen molar-refractivity contribution in [1.29, 1.82) is 5.26 Å². The Balaban J connectivity index is 2.13. The third kappa shape index (κ3) is 6.86. The van der Waals surface area contributed by atoms with Gasteiger partial charge in [0.25, 0.3) is 5.91 Å². The summed E-state index contributed by atoms with van der Waals surface area (Å²) in [5.41, 5.74) is 1.76. The molecule has 1 N–H and O–H groups in total. The quantitative estimate of drug-likeness (QED) is 0.400. The maximum absolute atomic E-state index is 12.5. The molecule has 2 aromatic carbocycles. The summed E-state index contributed by atoms with van der Waals surface area (Å²) in [6.45, 7) is 5.73. The SMILES string of the molecule is CNC(=O)c1cc(OC)c(OC)cc1CCN(C)CCCC(C#N)(c1ccc(OC)c(OC)c1)C(C)C. The van der Waals surface area contributed by atoms with Crippen LogP contribution in [0, 0.1) is 17.2 Å². The molecule has 8 nitrogen and oxygen atoms in total. The fourth-order valence-corrected chi connectivity index (χ4v) is 4.65. The first-order valence-electron chi connectivity index (χ1n) is 12.5. The molecule has 0 saturated carbocycles. The van der Waals surface area contributed by atoms with Crippen molar-refractivity contribution in [3.8, 4) is 29.1 Å². The van der Waals surface area contributed by atoms with Gasteiger partial charge < -0.3 is 29.2 Å². The fraction of sp³-hybridized carbons (Fsp3) is 0.517. The normalized spacial score (nSPS) is 12.6. The van der Waals surface area contributed by atoms with E-state index in [0.29, 0.717) is 41.4 Å². The maximum atomic E-state index is 12.5. The van der Waals surface area contributed by atoms with Crippen LogP contribution >= 0.6 is 0 Å². The lowest BCUT2D eigenvalue weighted by Gasteiger charge is -2.32. The lowest BCUT2D eigenvalue weighted by Crippen LogP contribution is -2.32. The van der Waals surface area contributed by atoms with Crippen molar-refractivity contribution >= 4 is 5.91 Å². The number of amides is 1. The van der Waals surface area contributed by atoms with Crippen LogP contribution in [0.25, 0.3) is 0 Å². The molecule has 2 aromatic rings. The summed E-state index contributed by atoms with van der Waals surface area (Å²) < 4.78 is 21.7. The van der Waals surface area contributed by atoms with E-state index >= 15 is 0 Å². The van der Waals surface area contributed by atoms with E-state index in [1.807, 2.05) is 24.3 Å². The predicted molar refractivity (Wildman–Crippen MR) is 145 cm³/mol. The number of benzene rings is 2. The zero-order valence-corrected chi connectivity index (χ0v) is 23.4. The summed E-state index contributed by atoms with van der Waals surface area (Å²) in [5, 5.41) is 13.0. The van der Waals surface area contributed by atoms with Crippen LogP contribution < -0.4 is 24.3 Å². The maximum Gasteiger partial charge on any atom is 0.251 e. The number of nitrogens with zero attached hydrogens (tertiary/aromatic N) is 2. The van der Waals surface area contributed by atoms with Crippen molar-refractivity contribution in [3.63, 3.8) is 0 Å². The Morgan fingerprint density at radius 2 is 1.57 bits per heavy atom. The zero-order chi connectivity index (χ0) is 27.6. The smallest absolute Gasteiger partial charge is 0.251 e. The van der Waals surface area contributed by atoms with Crippen LogP contribution in [0.3, 0.4) is 0 Å². The van der Waals surface area contributed by atoms with E-state index < -0.39 is 5.41 Å². The molecule has 1 amide bonds. The molecule has 0 fully saturated rings. The number of ether oxygens (including phenoxy) is 4. The molecule has 1 atom stereocenters. The van der Waals surface area contributed by atoms with Gasteiger partial charge in [0.1, 0.15) is 0 Å². The van der Waals surface area contributed by atoms with Crippen molar-refractivity contribution in [2.45, 2.75) is 38.5 Å². The number of hydrogen-bond acceptors (Lipinski definition) is 7. The Morgan fingerprint density at radius 3 is 2.11 bits per heavy atom. The second kappa shape index (κ2) is 13.8. The van der Waals surface area contributed by atoms with Crippen LogP contribution in [-0.4, -0.2) is 66.4 Å². The lowest BCUT2D eigenvalue weighted by molar-refractivity contribution is 0.0961. The number of likely N-dealkylation sites (N-methyl/N-ethyl adjacent to an activating group) is 1. The van der Waals surface area contributed by atoms with Crippen molar-refractivity contribution in [3.05, 3.63) is 47.0 Å². The minimum atomic E-state index is -0.643. The first-order chi connectivity index (χ1) is 17.7. The van der Waals surface area contributed by atoms with Crippen LogP contribution in [-0.2, 0) is 11.8 Å². The average molecular weight is 512 g/mol. The number of carbonyl (C=O) groups excluding carboxylic acids is 1. The number of rotatable bonds is 14. The van der Waals surface area contributed by atoms with Gasteiger partial charge in [0.15, 0.2) is 23.0 Å². The first kappa shape index (κ1) is 29.8. The lowest BCUT2D eigenvalue weighted by atomic mass is 9.69. The monoisotopic (exact) mass is 511 g/mol. The topological polar surface area (TPSA) is 93.1 Å². The first-order valence-corrected chi connectivity index (χ1v) is 12.5. The van der Waals surface area contributed by atoms with E-state index in [9.17, 15) is 10.1 Å². The summed E-state index contributed by atoms with van der Waals surface area (Å²) in [6.07, 6.45) is 2.22. The summed E-state index contributed by atoms with van der Waals surface area (Å²) in [4.78, 5) is 14.7. The highest BCUT2D eigenvalue weighted by Crippen LogP contribution is 2.40. The third-order valence-electron chi connectivity index (χ3n) is 7.04. The molecule has 8 heteroatoms. The van der Waals surface area contributed by atoms with E-state index in [0.717, 1.165) is 30.6 Å². The van der Waals surface area contributed by atoms with Crippen LogP contribution in [0.15, 0.2) is 30.3 Å². The van der Waals surface area contributed by atoms with Gasteiger partial charge in [0.05, 0.1) is 39.9 Å². The molecular weight excluding hydrogens is 470 g/mol. The molecule has 0 heterocycles. The van der Waals surface area contributed by atoms with Gasteiger partial charge in [-0.2, -0.15) is 5.26 Å². The molecular formula is C29H41N3O5. The molecule has 1 unspecified atom stereocenters. The summed E-state index contributed by atoms with van der Waals surface area (Å²) in [6, 6.07) is 12.0. The van der Waals surface area contributed by atoms with Crippen molar-refractivity contribution in [2.75, 3.05) is 55.6 Å². The zero-order valence-electron chi connectivity index (χ0n) is 23.4. The van der Waals surface area contributed by atoms with Crippen LogP contribution in [0.4, 0.5) is 0 Å². The highest BCUT2D eigenvalue weighted by molar-refractivity contribution is 5.96. The van der Waals surface area contributed by atoms with E-state index in [-0.39, 0.29) is 11.8 Å². The molecule has 0 aliphatic carbocycles. The highest BCUT2D eigenvalue weighted by Gasteiger charge is 2.36. The minimum absolute atomic E-state index is 0.114. The van der Waals surface area contributed by atoms with Gasteiger partial charge in [0, 0.05) is 19.2 Å². The second-order valence-corrected chi connectivity index (χ2v) is 9.41. The van der Waals surface area contributed by atoms with Crippen LogP contribution in [0.5, 0.6) is 23.0 Å². The van der Waals surface area contributed by atoms with E-state index in [2.05, 4.69) is 37.2 Å². The molecule has 0 aromatic heterocycles. The summed E-state index contributed by atoms with van der Waals surface area (Å²) in [5.74, 6) is 2.34. The largest absolute Gasteiger partial charge is 0.493 e. The molecule has 0 saturated heterocycles. The minimum Gasteiger partial charge on any atom is -0.493 e. The Morgan fingerprint density at radius 1 is 0.973 bits per heavy atom. The second-order valence-electron chi connectivity index (χ2n) is 9.41. The van der Waals surface area contributed by atoms with Gasteiger partial charge in [0.2, 0.25) is 0 Å². The molecule has 37 heavy (non-hydrogen) atoms. The summed E-state index contributed by atoms with van der Waals surface area (Å²) >= 11 is 0. The van der Waals surface area contributed by atoms with E-state index in [4.69, 9.17) is 18.9 Å². The number of methoxy groups -OCH3 is 4. The van der Waals surface area contributed by atoms with Gasteiger partial charge in [-0.1, -0.05) is 19.9 Å². The molecule has 2 rings (SSSR count). The Labute approximate surface area is 221 Å². The van der Waals surface area contributed by atoms with Gasteiger partial charge in [-0.15, -0.1) is 0 Å². The van der Waals surface area contributed by atoms with Gasteiger partial charge >= 0.3 is 0 Å². The number of carbonyl (C=O) groups is 1. The fourth-order valence-electron chi connectivity index (χ4n) is 4.65. The van der Waals surface area contributed by atoms with Crippen molar-refractivity contribution in [1.82, 2.24) is 10.2 Å². The van der Waals surface area contributed by atoms with Crippen LogP contribution in [0.2, 0.25) is 0 Å². The van der Waals surface area contributed by atoms with Gasteiger partial charge in [-0.25, -0.2) is 0 Å². The Bertz CT molecular complexity index is 1100. The van der Waals surface area contributed by atoms with Crippen LogP contribution in [0.1, 0.15) is 48.2 Å². The molecule has 0 spiro atoms. The van der Waals surface area contributed by atoms with E-state index in [1.165, 1.54) is 0 Å². The summed E-state index contributed by atoms with van der Waals surface area (Å²) in [7, 11) is 10.0. The third-order valence-corrected chi connectivity index (χ3v) is 7.04. The standard InChI is InChI=1S/C29H41N3O5/c1-20(2)29(19-30,22-10-11-24(34-5)26(17-22)36-7)13-9-14-32(4)15-12-21-16-25(35-6)27(37-8)18-23(21)28(33)31-3/h10-11,16-18,20H,9,12-15H2,1-8H3,(H,31,33). The van der Waals surface area contributed by atoms with E-state index in [1.54, 1.807) is 41.6 Å². The molecule has 0 bridgehead atoms. The highest BCUT2D eigenvalue weighted by atomic mass is 16.5.